The number of halogens is 1. The summed E-state index contributed by atoms with van der Waals surface area (Å²) < 4.78 is 0. The second kappa shape index (κ2) is 6.10. The fraction of sp³-hybridized carbons (Fsp3) is 0.900. The molecule has 3 heteroatoms. The molecular weight excluding hydrogens is 246 g/mol. The van der Waals surface area contributed by atoms with Crippen LogP contribution in [0, 0.1) is 11.8 Å². The summed E-state index contributed by atoms with van der Waals surface area (Å²) in [6, 6.07) is 0. The van der Waals surface area contributed by atoms with E-state index in [-0.39, 0.29) is 0 Å². The highest BCUT2D eigenvalue weighted by Gasteiger charge is 2.18. The van der Waals surface area contributed by atoms with Gasteiger partial charge in [-0.3, -0.25) is 0 Å². The van der Waals surface area contributed by atoms with Gasteiger partial charge in [0.25, 0.3) is 0 Å². The van der Waals surface area contributed by atoms with E-state index < -0.39 is 0 Å². The summed E-state index contributed by atoms with van der Waals surface area (Å²) in [6.45, 7) is 5.86. The molecule has 0 aromatic rings. The molecule has 0 aliphatic carbocycles. The molecule has 13 heavy (non-hydrogen) atoms. The Morgan fingerprint density at radius 3 is 2.62 bits per heavy atom. The molecule has 76 valence electrons. The summed E-state index contributed by atoms with van der Waals surface area (Å²) >= 11 is 8.48. The summed E-state index contributed by atoms with van der Waals surface area (Å²) in [5.41, 5.74) is 0. The van der Waals surface area contributed by atoms with E-state index in [0.717, 1.165) is 12.5 Å². The van der Waals surface area contributed by atoms with Crippen LogP contribution in [-0.2, 0) is 0 Å². The molecule has 1 aliphatic heterocycles. The van der Waals surface area contributed by atoms with Gasteiger partial charge in [-0.15, -0.1) is 0 Å². The SMILES string of the molecule is CC(C=S)CN1CCC(CBr)CC1. The van der Waals surface area contributed by atoms with Gasteiger partial charge in [-0.2, -0.15) is 0 Å². The quantitative estimate of drug-likeness (QED) is 0.567. The lowest BCUT2D eigenvalue weighted by molar-refractivity contribution is 0.186. The third-order valence-corrected chi connectivity index (χ3v) is 4.08. The molecule has 0 bridgehead atoms. The van der Waals surface area contributed by atoms with Crippen molar-refractivity contribution in [1.82, 2.24) is 4.90 Å². The molecule has 0 amide bonds. The molecule has 1 fully saturated rings. The first kappa shape index (κ1) is 11.6. The van der Waals surface area contributed by atoms with Gasteiger partial charge in [0.2, 0.25) is 0 Å². The van der Waals surface area contributed by atoms with E-state index in [1.165, 1.54) is 31.3 Å². The van der Waals surface area contributed by atoms with Gasteiger partial charge >= 0.3 is 0 Å². The Labute approximate surface area is 95.0 Å². The van der Waals surface area contributed by atoms with Crippen LogP contribution >= 0.6 is 28.1 Å². The van der Waals surface area contributed by atoms with Crippen LogP contribution in [0.25, 0.3) is 0 Å². The molecule has 0 N–H and O–H groups in total. The number of rotatable bonds is 4. The minimum absolute atomic E-state index is 0.565. The minimum atomic E-state index is 0.565. The fourth-order valence-corrected chi connectivity index (χ4v) is 2.51. The molecule has 0 spiro atoms. The van der Waals surface area contributed by atoms with E-state index in [0.29, 0.717) is 5.92 Å². The number of alkyl halides is 1. The first-order valence-electron chi connectivity index (χ1n) is 5.00. The van der Waals surface area contributed by atoms with Crippen molar-refractivity contribution in [2.75, 3.05) is 25.0 Å². The van der Waals surface area contributed by atoms with Crippen LogP contribution in [0.2, 0.25) is 0 Å². The normalized spacial score (nSPS) is 22.9. The molecule has 0 radical (unpaired) electrons. The van der Waals surface area contributed by atoms with Crippen LogP contribution in [0.3, 0.4) is 0 Å². The van der Waals surface area contributed by atoms with Gasteiger partial charge in [0.05, 0.1) is 0 Å². The van der Waals surface area contributed by atoms with Gasteiger partial charge in [-0.05, 0) is 43.1 Å². The Balaban J connectivity index is 2.21. The summed E-state index contributed by atoms with van der Waals surface area (Å²) in [4.78, 5) is 2.53. The number of likely N-dealkylation sites (tertiary alicyclic amines) is 1. The number of nitrogens with zero attached hydrogens (tertiary/aromatic N) is 1. The molecule has 0 aromatic carbocycles. The van der Waals surface area contributed by atoms with Crippen LogP contribution < -0.4 is 0 Å². The average molecular weight is 264 g/mol. The van der Waals surface area contributed by atoms with Crippen molar-refractivity contribution in [2.24, 2.45) is 11.8 Å². The Morgan fingerprint density at radius 2 is 2.15 bits per heavy atom. The predicted molar refractivity (Wildman–Crippen MR) is 65.8 cm³/mol. The Morgan fingerprint density at radius 1 is 1.54 bits per heavy atom. The Hall–Kier alpha value is 0.530. The molecule has 0 aromatic heterocycles. The second-order valence-corrected chi connectivity index (χ2v) is 4.93. The zero-order chi connectivity index (χ0) is 9.68. The smallest absolute Gasteiger partial charge is 0.00606 e. The van der Waals surface area contributed by atoms with Crippen LogP contribution in [-0.4, -0.2) is 35.2 Å². The maximum atomic E-state index is 4.93. The Bertz CT molecular complexity index is 155. The highest BCUT2D eigenvalue weighted by molar-refractivity contribution is 9.09. The van der Waals surface area contributed by atoms with Crippen LogP contribution in [0.15, 0.2) is 0 Å². The number of hydrogen-bond acceptors (Lipinski definition) is 2. The highest BCUT2D eigenvalue weighted by atomic mass is 79.9. The summed E-state index contributed by atoms with van der Waals surface area (Å²) in [5.74, 6) is 1.47. The largest absolute Gasteiger partial charge is 0.303 e. The van der Waals surface area contributed by atoms with Crippen LogP contribution in [0.4, 0.5) is 0 Å². The lowest BCUT2D eigenvalue weighted by atomic mass is 9.98. The lowest BCUT2D eigenvalue weighted by Crippen LogP contribution is -2.37. The van der Waals surface area contributed by atoms with Crippen molar-refractivity contribution in [3.05, 3.63) is 0 Å². The monoisotopic (exact) mass is 263 g/mol. The minimum Gasteiger partial charge on any atom is -0.303 e. The number of piperidine rings is 1. The van der Waals surface area contributed by atoms with Gasteiger partial charge in [-0.1, -0.05) is 35.1 Å². The van der Waals surface area contributed by atoms with Crippen molar-refractivity contribution >= 4 is 33.5 Å². The fourth-order valence-electron chi connectivity index (χ4n) is 1.77. The first-order valence-corrected chi connectivity index (χ1v) is 6.59. The zero-order valence-electron chi connectivity index (χ0n) is 8.21. The zero-order valence-corrected chi connectivity index (χ0v) is 10.6. The molecule has 1 heterocycles. The third-order valence-electron chi connectivity index (χ3n) is 2.70. The molecule has 0 saturated carbocycles. The van der Waals surface area contributed by atoms with Crippen molar-refractivity contribution in [3.8, 4) is 0 Å². The summed E-state index contributed by atoms with van der Waals surface area (Å²) in [6.07, 6.45) is 2.69. The van der Waals surface area contributed by atoms with Gasteiger partial charge in [-0.25, -0.2) is 0 Å². The third kappa shape index (κ3) is 4.05. The standard InChI is InChI=1S/C10H18BrNS/c1-9(8-13)7-12-4-2-10(6-11)3-5-12/h8-10H,2-7H2,1H3. The van der Waals surface area contributed by atoms with Gasteiger partial charge < -0.3 is 4.90 Å². The molecule has 1 rings (SSSR count). The molecule has 1 aliphatic rings. The highest BCUT2D eigenvalue weighted by Crippen LogP contribution is 2.19. The maximum Gasteiger partial charge on any atom is 0.00606 e. The van der Waals surface area contributed by atoms with Gasteiger partial charge in [0.15, 0.2) is 0 Å². The van der Waals surface area contributed by atoms with E-state index in [1.54, 1.807) is 0 Å². The predicted octanol–water partition coefficient (Wildman–Crippen LogP) is 2.73. The topological polar surface area (TPSA) is 3.24 Å². The summed E-state index contributed by atoms with van der Waals surface area (Å²) in [7, 11) is 0. The summed E-state index contributed by atoms with van der Waals surface area (Å²) in [5, 5.41) is 3.06. The Kier molecular flexibility index (Phi) is 5.44. The van der Waals surface area contributed by atoms with Crippen molar-refractivity contribution in [3.63, 3.8) is 0 Å². The average Bonchev–Trinajstić information content (AvgIpc) is 2.19. The number of thiocarbonyl (C=S) groups is 1. The molecule has 1 atom stereocenters. The molecule has 1 saturated heterocycles. The molecule has 1 nitrogen and oxygen atoms in total. The molecule has 1 unspecified atom stereocenters. The van der Waals surface area contributed by atoms with E-state index >= 15 is 0 Å². The van der Waals surface area contributed by atoms with Gasteiger partial charge in [0.1, 0.15) is 0 Å². The van der Waals surface area contributed by atoms with Gasteiger partial charge in [0, 0.05) is 11.9 Å². The van der Waals surface area contributed by atoms with E-state index in [1.807, 2.05) is 5.37 Å². The van der Waals surface area contributed by atoms with Crippen molar-refractivity contribution < 1.29 is 0 Å². The van der Waals surface area contributed by atoms with Crippen molar-refractivity contribution in [1.29, 1.82) is 0 Å². The number of hydrogen-bond donors (Lipinski definition) is 0. The van der Waals surface area contributed by atoms with E-state index in [2.05, 4.69) is 27.8 Å². The maximum absolute atomic E-state index is 4.93. The second-order valence-electron chi connectivity index (χ2n) is 4.01. The van der Waals surface area contributed by atoms with Crippen LogP contribution in [0.1, 0.15) is 19.8 Å². The molecular formula is C10H18BrNS. The van der Waals surface area contributed by atoms with E-state index in [4.69, 9.17) is 12.2 Å². The lowest BCUT2D eigenvalue weighted by Gasteiger charge is -2.32. The van der Waals surface area contributed by atoms with Crippen molar-refractivity contribution in [2.45, 2.75) is 19.8 Å². The first-order chi connectivity index (χ1) is 6.26. The van der Waals surface area contributed by atoms with E-state index in [9.17, 15) is 0 Å². The van der Waals surface area contributed by atoms with Crippen LogP contribution in [0.5, 0.6) is 0 Å².